The van der Waals surface area contributed by atoms with Crippen LogP contribution >= 0.6 is 0 Å². The second-order valence-corrected chi connectivity index (χ2v) is 6.25. The number of para-hydroxylation sites is 1. The third kappa shape index (κ3) is 4.39. The normalized spacial score (nSPS) is 12.4. The molecule has 1 aliphatic heterocycles. The van der Waals surface area contributed by atoms with Gasteiger partial charge < -0.3 is 19.5 Å². The molecule has 0 aliphatic carbocycles. The van der Waals surface area contributed by atoms with Crippen LogP contribution in [0, 0.1) is 0 Å². The summed E-state index contributed by atoms with van der Waals surface area (Å²) < 4.78 is 16.5. The Labute approximate surface area is 158 Å². The highest BCUT2D eigenvalue weighted by Gasteiger charge is 2.21. The van der Waals surface area contributed by atoms with Gasteiger partial charge in [0.2, 0.25) is 5.91 Å². The maximum absolute atomic E-state index is 12.6. The molecule has 0 bridgehead atoms. The lowest BCUT2D eigenvalue weighted by atomic mass is 10.0. The van der Waals surface area contributed by atoms with Gasteiger partial charge in [0.1, 0.15) is 19.0 Å². The number of ether oxygens (including phenoxy) is 3. The molecule has 1 N–H and O–H groups in total. The number of ketones is 1. The van der Waals surface area contributed by atoms with Crippen LogP contribution in [-0.4, -0.2) is 32.0 Å². The number of amides is 1. The van der Waals surface area contributed by atoms with Crippen molar-refractivity contribution < 1.29 is 23.8 Å². The Morgan fingerprint density at radius 3 is 2.52 bits per heavy atom. The number of hydrogen-bond acceptors (Lipinski definition) is 5. The van der Waals surface area contributed by atoms with Gasteiger partial charge in [-0.15, -0.1) is 0 Å². The number of Topliss-reactive ketones (excluding diaryl/α,β-unsaturated/α-hetero) is 1. The number of nitrogens with one attached hydrogen (secondary N) is 1. The quantitative estimate of drug-likeness (QED) is 0.755. The molecule has 3 rings (SSSR count). The van der Waals surface area contributed by atoms with Crippen molar-refractivity contribution in [2.24, 2.45) is 0 Å². The van der Waals surface area contributed by atoms with E-state index in [1.54, 1.807) is 19.2 Å². The molecule has 0 radical (unpaired) electrons. The monoisotopic (exact) mass is 369 g/mol. The van der Waals surface area contributed by atoms with Crippen molar-refractivity contribution in [1.82, 2.24) is 0 Å². The summed E-state index contributed by atoms with van der Waals surface area (Å²) in [6.45, 7) is 2.81. The summed E-state index contributed by atoms with van der Waals surface area (Å²) in [5, 5.41) is 2.85. The zero-order chi connectivity index (χ0) is 19.2. The fraction of sp³-hybridized carbons (Fsp3) is 0.333. The Kier molecular flexibility index (Phi) is 5.96. The lowest BCUT2D eigenvalue weighted by Gasteiger charge is -2.21. The van der Waals surface area contributed by atoms with E-state index in [-0.39, 0.29) is 18.1 Å². The standard InChI is InChI=1S/C21H23NO5/c1-3-6-17(23)15-12-19-20(27-10-9-26-19)13-16(15)22-21(24)11-14-7-4-5-8-18(14)25-2/h4-5,7-8,12-13H,3,6,9-11H2,1-2H3,(H,22,24). The summed E-state index contributed by atoms with van der Waals surface area (Å²) in [6, 6.07) is 10.7. The molecule has 0 fully saturated rings. The highest BCUT2D eigenvalue weighted by Crippen LogP contribution is 2.36. The minimum Gasteiger partial charge on any atom is -0.496 e. The third-order valence-corrected chi connectivity index (χ3v) is 4.28. The van der Waals surface area contributed by atoms with E-state index in [0.29, 0.717) is 48.1 Å². The summed E-state index contributed by atoms with van der Waals surface area (Å²) in [4.78, 5) is 25.1. The fourth-order valence-electron chi connectivity index (χ4n) is 3.00. The molecular formula is C21H23NO5. The van der Waals surface area contributed by atoms with Crippen LogP contribution in [0.5, 0.6) is 17.2 Å². The smallest absolute Gasteiger partial charge is 0.228 e. The molecule has 0 aromatic heterocycles. The average molecular weight is 369 g/mol. The zero-order valence-corrected chi connectivity index (χ0v) is 15.5. The molecular weight excluding hydrogens is 346 g/mol. The van der Waals surface area contributed by atoms with Gasteiger partial charge in [0.25, 0.3) is 0 Å². The Balaban J connectivity index is 1.85. The molecule has 2 aromatic rings. The van der Waals surface area contributed by atoms with Crippen molar-refractivity contribution in [3.63, 3.8) is 0 Å². The average Bonchev–Trinajstić information content (AvgIpc) is 2.68. The SMILES string of the molecule is CCCC(=O)c1cc2c(cc1NC(=O)Cc1ccccc1OC)OCCO2. The number of carbonyl (C=O) groups excluding carboxylic acids is 2. The zero-order valence-electron chi connectivity index (χ0n) is 15.5. The van der Waals surface area contributed by atoms with Crippen molar-refractivity contribution in [2.45, 2.75) is 26.2 Å². The van der Waals surface area contributed by atoms with Crippen LogP contribution in [0.25, 0.3) is 0 Å². The largest absolute Gasteiger partial charge is 0.496 e. The highest BCUT2D eigenvalue weighted by atomic mass is 16.6. The molecule has 2 aromatic carbocycles. The number of fused-ring (bicyclic) bond motifs is 1. The predicted octanol–water partition coefficient (Wildman–Crippen LogP) is 3.63. The summed E-state index contributed by atoms with van der Waals surface area (Å²) in [7, 11) is 1.57. The van der Waals surface area contributed by atoms with Gasteiger partial charge in [-0.3, -0.25) is 9.59 Å². The van der Waals surface area contributed by atoms with Crippen molar-refractivity contribution in [2.75, 3.05) is 25.6 Å². The van der Waals surface area contributed by atoms with E-state index < -0.39 is 0 Å². The van der Waals surface area contributed by atoms with Crippen molar-refractivity contribution >= 4 is 17.4 Å². The molecule has 6 heteroatoms. The first-order valence-corrected chi connectivity index (χ1v) is 9.01. The van der Waals surface area contributed by atoms with E-state index in [2.05, 4.69) is 5.32 Å². The Morgan fingerprint density at radius 2 is 1.81 bits per heavy atom. The number of hydrogen-bond donors (Lipinski definition) is 1. The van der Waals surface area contributed by atoms with Crippen LogP contribution in [0.4, 0.5) is 5.69 Å². The number of benzene rings is 2. The molecule has 0 unspecified atom stereocenters. The lowest BCUT2D eigenvalue weighted by Crippen LogP contribution is -2.20. The van der Waals surface area contributed by atoms with Gasteiger partial charge in [-0.2, -0.15) is 0 Å². The number of carbonyl (C=O) groups is 2. The Bertz CT molecular complexity index is 846. The Hall–Kier alpha value is -3.02. The van der Waals surface area contributed by atoms with Crippen LogP contribution in [0.2, 0.25) is 0 Å². The molecule has 1 heterocycles. The third-order valence-electron chi connectivity index (χ3n) is 4.28. The molecule has 1 amide bonds. The van der Waals surface area contributed by atoms with E-state index >= 15 is 0 Å². The summed E-state index contributed by atoms with van der Waals surface area (Å²) in [5.74, 6) is 1.44. The van der Waals surface area contributed by atoms with Gasteiger partial charge in [-0.25, -0.2) is 0 Å². The first-order chi connectivity index (χ1) is 13.1. The molecule has 27 heavy (non-hydrogen) atoms. The fourth-order valence-corrected chi connectivity index (χ4v) is 3.00. The van der Waals surface area contributed by atoms with Crippen molar-refractivity contribution in [3.8, 4) is 17.2 Å². The van der Waals surface area contributed by atoms with Gasteiger partial charge in [-0.05, 0) is 18.6 Å². The minimum absolute atomic E-state index is 0.0398. The van der Waals surface area contributed by atoms with Crippen molar-refractivity contribution in [1.29, 1.82) is 0 Å². The summed E-state index contributed by atoms with van der Waals surface area (Å²) in [6.07, 6.45) is 1.26. The maximum Gasteiger partial charge on any atom is 0.228 e. The predicted molar refractivity (Wildman–Crippen MR) is 102 cm³/mol. The number of anilines is 1. The van der Waals surface area contributed by atoms with Crippen LogP contribution in [0.3, 0.4) is 0 Å². The molecule has 0 saturated heterocycles. The first-order valence-electron chi connectivity index (χ1n) is 9.01. The molecule has 6 nitrogen and oxygen atoms in total. The second-order valence-electron chi connectivity index (χ2n) is 6.25. The molecule has 0 spiro atoms. The van der Waals surface area contributed by atoms with E-state index in [9.17, 15) is 9.59 Å². The number of methoxy groups -OCH3 is 1. The van der Waals surface area contributed by atoms with Crippen LogP contribution in [0.15, 0.2) is 36.4 Å². The van der Waals surface area contributed by atoms with Crippen molar-refractivity contribution in [3.05, 3.63) is 47.5 Å². The van der Waals surface area contributed by atoms with Gasteiger partial charge >= 0.3 is 0 Å². The van der Waals surface area contributed by atoms with E-state index in [4.69, 9.17) is 14.2 Å². The van der Waals surface area contributed by atoms with E-state index in [1.165, 1.54) is 0 Å². The van der Waals surface area contributed by atoms with Crippen LogP contribution in [-0.2, 0) is 11.2 Å². The van der Waals surface area contributed by atoms with Crippen LogP contribution in [0.1, 0.15) is 35.7 Å². The highest BCUT2D eigenvalue weighted by molar-refractivity contribution is 6.06. The second kappa shape index (κ2) is 8.58. The molecule has 1 aliphatic rings. The minimum atomic E-state index is -0.235. The molecule has 0 atom stereocenters. The molecule has 0 saturated carbocycles. The van der Waals surface area contributed by atoms with Gasteiger partial charge in [0, 0.05) is 23.6 Å². The first kappa shape index (κ1) is 18.8. The van der Waals surface area contributed by atoms with E-state index in [0.717, 1.165) is 12.0 Å². The summed E-state index contributed by atoms with van der Waals surface area (Å²) in [5.41, 5.74) is 1.66. The number of rotatable bonds is 7. The lowest BCUT2D eigenvalue weighted by molar-refractivity contribution is -0.115. The maximum atomic E-state index is 12.6. The Morgan fingerprint density at radius 1 is 1.11 bits per heavy atom. The van der Waals surface area contributed by atoms with Crippen LogP contribution < -0.4 is 19.5 Å². The van der Waals surface area contributed by atoms with E-state index in [1.807, 2.05) is 31.2 Å². The summed E-state index contributed by atoms with van der Waals surface area (Å²) >= 11 is 0. The molecule has 142 valence electrons. The topological polar surface area (TPSA) is 73.9 Å². The van der Waals surface area contributed by atoms with Gasteiger partial charge in [-0.1, -0.05) is 25.1 Å². The van der Waals surface area contributed by atoms with Gasteiger partial charge in [0.05, 0.1) is 19.2 Å². The van der Waals surface area contributed by atoms with Gasteiger partial charge in [0.15, 0.2) is 17.3 Å².